The van der Waals surface area contributed by atoms with Crippen LogP contribution in [-0.4, -0.2) is 47.9 Å². The van der Waals surface area contributed by atoms with Crippen LogP contribution in [-0.2, 0) is 9.53 Å². The average Bonchev–Trinajstić information content (AvgIpc) is 2.12. The van der Waals surface area contributed by atoms with E-state index in [1.54, 1.807) is 20.8 Å². The van der Waals surface area contributed by atoms with Crippen molar-refractivity contribution in [1.82, 2.24) is 10.2 Å². The summed E-state index contributed by atoms with van der Waals surface area (Å²) < 4.78 is 4.67. The molecule has 0 aromatic rings. The van der Waals surface area contributed by atoms with E-state index >= 15 is 0 Å². The Bertz CT molecular complexity index is 248. The molecule has 0 aromatic heterocycles. The molecule has 0 atom stereocenters. The Labute approximate surface area is 95.6 Å². The molecule has 0 fully saturated rings. The van der Waals surface area contributed by atoms with Crippen molar-refractivity contribution in [3.05, 3.63) is 0 Å². The minimum Gasteiger partial charge on any atom is -0.465 e. The lowest BCUT2D eigenvalue weighted by Gasteiger charge is -2.32. The van der Waals surface area contributed by atoms with Gasteiger partial charge in [-0.05, 0) is 20.8 Å². The molecule has 0 saturated carbocycles. The standard InChI is InChI=1S/C10H20N2O4/c1-10(2,3)12(9(14)15)6-5-8(13)11-7-16-4/h5-7H2,1-4H3,(H,11,13)(H,14,15). The molecule has 0 heterocycles. The molecule has 16 heavy (non-hydrogen) atoms. The number of carbonyl (C=O) groups is 2. The number of amides is 2. The van der Waals surface area contributed by atoms with E-state index in [0.717, 1.165) is 0 Å². The summed E-state index contributed by atoms with van der Waals surface area (Å²) in [4.78, 5) is 23.4. The molecule has 2 N–H and O–H groups in total. The molecule has 94 valence electrons. The van der Waals surface area contributed by atoms with Crippen LogP contribution in [0.15, 0.2) is 0 Å². The molecule has 0 radical (unpaired) electrons. The van der Waals surface area contributed by atoms with Crippen molar-refractivity contribution in [3.63, 3.8) is 0 Å². The molecule has 0 bridgehead atoms. The summed E-state index contributed by atoms with van der Waals surface area (Å²) in [6, 6.07) is 0. The Morgan fingerprint density at radius 1 is 1.38 bits per heavy atom. The lowest BCUT2D eigenvalue weighted by molar-refractivity contribution is -0.122. The van der Waals surface area contributed by atoms with Gasteiger partial charge in [0, 0.05) is 25.6 Å². The Balaban J connectivity index is 4.14. The van der Waals surface area contributed by atoms with E-state index in [0.29, 0.717) is 0 Å². The minimum atomic E-state index is -1.02. The van der Waals surface area contributed by atoms with Crippen molar-refractivity contribution in [2.24, 2.45) is 0 Å². The van der Waals surface area contributed by atoms with Crippen LogP contribution in [0.2, 0.25) is 0 Å². The molecule has 6 heteroatoms. The molecule has 0 saturated heterocycles. The molecule has 0 aliphatic carbocycles. The fraction of sp³-hybridized carbons (Fsp3) is 0.800. The van der Waals surface area contributed by atoms with E-state index in [9.17, 15) is 9.59 Å². The number of hydrogen-bond acceptors (Lipinski definition) is 3. The summed E-state index contributed by atoms with van der Waals surface area (Å²) in [7, 11) is 1.47. The van der Waals surface area contributed by atoms with E-state index in [4.69, 9.17) is 5.11 Å². The second-order valence-corrected chi connectivity index (χ2v) is 4.39. The van der Waals surface area contributed by atoms with Gasteiger partial charge < -0.3 is 20.1 Å². The second kappa shape index (κ2) is 6.32. The van der Waals surface area contributed by atoms with E-state index in [-0.39, 0.29) is 25.6 Å². The first-order valence-electron chi connectivity index (χ1n) is 5.05. The fourth-order valence-corrected chi connectivity index (χ4v) is 1.17. The van der Waals surface area contributed by atoms with Crippen molar-refractivity contribution in [3.8, 4) is 0 Å². The van der Waals surface area contributed by atoms with E-state index in [1.807, 2.05) is 0 Å². The smallest absolute Gasteiger partial charge is 0.407 e. The summed E-state index contributed by atoms with van der Waals surface area (Å²) in [5.41, 5.74) is -0.507. The van der Waals surface area contributed by atoms with Gasteiger partial charge in [0.1, 0.15) is 6.73 Å². The van der Waals surface area contributed by atoms with Crippen LogP contribution < -0.4 is 5.32 Å². The van der Waals surface area contributed by atoms with Crippen LogP contribution in [0.3, 0.4) is 0 Å². The number of nitrogens with one attached hydrogen (secondary N) is 1. The number of nitrogens with zero attached hydrogens (tertiary/aromatic N) is 1. The third-order valence-corrected chi connectivity index (χ3v) is 2.02. The first kappa shape index (κ1) is 14.7. The van der Waals surface area contributed by atoms with Crippen LogP contribution in [0, 0.1) is 0 Å². The topological polar surface area (TPSA) is 78.9 Å². The maximum absolute atomic E-state index is 11.2. The molecule has 0 rings (SSSR count). The summed E-state index contributed by atoms with van der Waals surface area (Å²) in [6.07, 6.45) is -0.889. The number of ether oxygens (including phenoxy) is 1. The van der Waals surface area contributed by atoms with E-state index in [1.165, 1.54) is 12.0 Å². The molecule has 2 amide bonds. The first-order valence-corrected chi connectivity index (χ1v) is 5.05. The Morgan fingerprint density at radius 2 is 1.94 bits per heavy atom. The lowest BCUT2D eigenvalue weighted by atomic mass is 10.1. The van der Waals surface area contributed by atoms with Gasteiger partial charge in [-0.2, -0.15) is 0 Å². The van der Waals surface area contributed by atoms with Crippen molar-refractivity contribution in [2.75, 3.05) is 20.4 Å². The van der Waals surface area contributed by atoms with Gasteiger partial charge in [0.05, 0.1) is 0 Å². The van der Waals surface area contributed by atoms with E-state index < -0.39 is 11.6 Å². The van der Waals surface area contributed by atoms with Crippen LogP contribution in [0.25, 0.3) is 0 Å². The predicted octanol–water partition coefficient (Wildman–Crippen LogP) is 0.875. The molecule has 0 unspecified atom stereocenters. The number of carbonyl (C=O) groups excluding carboxylic acids is 1. The van der Waals surface area contributed by atoms with Gasteiger partial charge in [0.15, 0.2) is 0 Å². The van der Waals surface area contributed by atoms with Crippen LogP contribution in [0.4, 0.5) is 4.79 Å². The summed E-state index contributed by atoms with van der Waals surface area (Å²) in [6.45, 7) is 5.67. The maximum atomic E-state index is 11.2. The zero-order valence-corrected chi connectivity index (χ0v) is 10.2. The van der Waals surface area contributed by atoms with Crippen LogP contribution in [0.1, 0.15) is 27.2 Å². The highest BCUT2D eigenvalue weighted by atomic mass is 16.5. The van der Waals surface area contributed by atoms with Crippen LogP contribution in [0.5, 0.6) is 0 Å². The Kier molecular flexibility index (Phi) is 5.81. The first-order chi connectivity index (χ1) is 7.29. The van der Waals surface area contributed by atoms with Crippen LogP contribution >= 0.6 is 0 Å². The summed E-state index contributed by atoms with van der Waals surface area (Å²) in [5.74, 6) is -0.225. The second-order valence-electron chi connectivity index (χ2n) is 4.39. The molecule has 0 aliphatic heterocycles. The number of rotatable bonds is 5. The minimum absolute atomic E-state index is 0.132. The number of hydrogen-bond donors (Lipinski definition) is 2. The maximum Gasteiger partial charge on any atom is 0.407 e. The van der Waals surface area contributed by atoms with Crippen molar-refractivity contribution in [1.29, 1.82) is 0 Å². The van der Waals surface area contributed by atoms with Crippen molar-refractivity contribution >= 4 is 12.0 Å². The SMILES string of the molecule is COCNC(=O)CCN(C(=O)O)C(C)(C)C. The normalized spacial score (nSPS) is 11.0. The van der Waals surface area contributed by atoms with Gasteiger partial charge in [-0.15, -0.1) is 0 Å². The predicted molar refractivity (Wildman–Crippen MR) is 59.1 cm³/mol. The highest BCUT2D eigenvalue weighted by molar-refractivity contribution is 5.76. The molecular weight excluding hydrogens is 212 g/mol. The molecular formula is C10H20N2O4. The Hall–Kier alpha value is -1.30. The van der Waals surface area contributed by atoms with E-state index in [2.05, 4.69) is 10.1 Å². The zero-order chi connectivity index (χ0) is 12.8. The lowest BCUT2D eigenvalue weighted by Crippen LogP contribution is -2.46. The molecule has 0 aromatic carbocycles. The van der Waals surface area contributed by atoms with Crippen molar-refractivity contribution in [2.45, 2.75) is 32.7 Å². The van der Waals surface area contributed by atoms with Gasteiger partial charge >= 0.3 is 6.09 Å². The van der Waals surface area contributed by atoms with Crippen molar-refractivity contribution < 1.29 is 19.4 Å². The summed E-state index contributed by atoms with van der Waals surface area (Å²) in [5, 5.41) is 11.5. The molecule has 0 aliphatic rings. The third-order valence-electron chi connectivity index (χ3n) is 2.02. The zero-order valence-electron chi connectivity index (χ0n) is 10.2. The highest BCUT2D eigenvalue weighted by Crippen LogP contribution is 2.13. The average molecular weight is 232 g/mol. The Morgan fingerprint density at radius 3 is 2.31 bits per heavy atom. The monoisotopic (exact) mass is 232 g/mol. The van der Waals surface area contributed by atoms with Gasteiger partial charge in [0.2, 0.25) is 5.91 Å². The largest absolute Gasteiger partial charge is 0.465 e. The fourth-order valence-electron chi connectivity index (χ4n) is 1.17. The highest BCUT2D eigenvalue weighted by Gasteiger charge is 2.26. The number of carboxylic acid groups (broad SMARTS) is 1. The van der Waals surface area contributed by atoms with Gasteiger partial charge in [-0.25, -0.2) is 4.79 Å². The quantitative estimate of drug-likeness (QED) is 0.689. The number of methoxy groups -OCH3 is 1. The molecule has 6 nitrogen and oxygen atoms in total. The van der Waals surface area contributed by atoms with Gasteiger partial charge in [0.25, 0.3) is 0 Å². The summed E-state index contributed by atoms with van der Waals surface area (Å²) >= 11 is 0. The third kappa shape index (κ3) is 5.55. The molecule has 0 spiro atoms. The van der Waals surface area contributed by atoms with Gasteiger partial charge in [-0.3, -0.25) is 4.79 Å². The van der Waals surface area contributed by atoms with Gasteiger partial charge in [-0.1, -0.05) is 0 Å².